The predicted octanol–water partition coefficient (Wildman–Crippen LogP) is 2.54. The van der Waals surface area contributed by atoms with Crippen molar-refractivity contribution in [3.8, 4) is 5.75 Å². The van der Waals surface area contributed by atoms with Gasteiger partial charge in [0.05, 0.1) is 43.4 Å². The number of nitrogens with zero attached hydrogens (tertiary/aromatic N) is 3. The number of aliphatic hydroxyl groups excluding tert-OH is 1. The molecule has 1 spiro atoms. The molecule has 11 heteroatoms. The topological polar surface area (TPSA) is 77.4 Å². The lowest BCUT2D eigenvalue weighted by Crippen LogP contribution is -2.62. The molecule has 0 aromatic heterocycles. The second kappa shape index (κ2) is 9.60. The minimum Gasteiger partial charge on any atom is -0.497 e. The Morgan fingerprint density at radius 1 is 1.22 bits per heavy atom. The summed E-state index contributed by atoms with van der Waals surface area (Å²) in [6.07, 6.45) is -3.62. The van der Waals surface area contributed by atoms with Crippen LogP contribution in [0.5, 0.6) is 5.75 Å². The maximum Gasteiger partial charge on any atom is 0.401 e. The molecule has 37 heavy (non-hydrogen) atoms. The van der Waals surface area contributed by atoms with Crippen LogP contribution in [0.25, 0.3) is 5.57 Å². The van der Waals surface area contributed by atoms with Crippen LogP contribution in [0.3, 0.4) is 0 Å². The fraction of sp³-hybridized carbons (Fsp3) is 0.462. The number of rotatable bonds is 4. The normalized spacial score (nSPS) is 22.9. The van der Waals surface area contributed by atoms with Gasteiger partial charge in [0.25, 0.3) is 0 Å². The quantitative estimate of drug-likeness (QED) is 0.608. The largest absolute Gasteiger partial charge is 0.497 e. The number of likely N-dealkylation sites (tertiary alicyclic amines) is 2. The van der Waals surface area contributed by atoms with E-state index in [0.29, 0.717) is 23.9 Å². The van der Waals surface area contributed by atoms with Gasteiger partial charge in [-0.05, 0) is 42.7 Å². The Bertz CT molecular complexity index is 1310. The number of urea groups is 1. The Morgan fingerprint density at radius 2 is 1.95 bits per heavy atom. The molecule has 2 atom stereocenters. The number of alkyl halides is 3. The molecule has 3 aliphatic rings. The van der Waals surface area contributed by atoms with Crippen LogP contribution in [0.2, 0.25) is 0 Å². The number of carbonyl (C=O) groups is 1. The lowest BCUT2D eigenvalue weighted by atomic mass is 9.65. The summed E-state index contributed by atoms with van der Waals surface area (Å²) in [4.78, 5) is 20.5. The summed E-state index contributed by atoms with van der Waals surface area (Å²) in [5.41, 5.74) is 0.316. The Kier molecular flexibility index (Phi) is 6.61. The lowest BCUT2D eigenvalue weighted by molar-refractivity contribution is -0.159. The molecule has 0 saturated carbocycles. The third-order valence-corrected chi connectivity index (χ3v) is 7.67. The summed E-state index contributed by atoms with van der Waals surface area (Å²) < 4.78 is 60.0. The number of methoxy groups -OCH3 is 1. The zero-order valence-electron chi connectivity index (χ0n) is 20.3. The number of benzene rings is 2. The van der Waals surface area contributed by atoms with Gasteiger partial charge in [0.1, 0.15) is 11.6 Å². The zero-order chi connectivity index (χ0) is 26.4. The number of anilines is 1. The molecule has 0 aliphatic carbocycles. The summed E-state index contributed by atoms with van der Waals surface area (Å²) in [6, 6.07) is 9.38. The fourth-order valence-electron chi connectivity index (χ4n) is 5.96. The number of halogens is 4. The number of para-hydroxylation sites is 1. The molecule has 0 bridgehead atoms. The van der Waals surface area contributed by atoms with E-state index >= 15 is 0 Å². The summed E-state index contributed by atoms with van der Waals surface area (Å²) in [7, 11) is 1.53. The predicted molar refractivity (Wildman–Crippen MR) is 128 cm³/mol. The van der Waals surface area contributed by atoms with Crippen LogP contribution < -0.4 is 20.6 Å². The highest BCUT2D eigenvalue weighted by Gasteiger charge is 2.53. The molecule has 198 valence electrons. The second-order valence-corrected chi connectivity index (χ2v) is 9.82. The van der Waals surface area contributed by atoms with Crippen molar-refractivity contribution in [2.45, 2.75) is 31.1 Å². The molecule has 3 aliphatic heterocycles. The van der Waals surface area contributed by atoms with Crippen molar-refractivity contribution in [1.82, 2.24) is 9.80 Å². The van der Waals surface area contributed by atoms with Crippen LogP contribution in [0.4, 0.5) is 28.0 Å². The number of aliphatic hydroxyl groups is 1. The highest BCUT2D eigenvalue weighted by Crippen LogP contribution is 2.48. The molecule has 2 aromatic carbocycles. The van der Waals surface area contributed by atoms with E-state index in [4.69, 9.17) is 9.73 Å². The van der Waals surface area contributed by atoms with E-state index in [-0.39, 0.29) is 25.3 Å². The first-order valence-electron chi connectivity index (χ1n) is 12.1. The average Bonchev–Trinajstić information content (AvgIpc) is 3.24. The highest BCUT2D eigenvalue weighted by molar-refractivity contribution is 5.89. The van der Waals surface area contributed by atoms with Gasteiger partial charge in [-0.1, -0.05) is 12.1 Å². The number of piperidine rings is 2. The molecule has 0 radical (unpaired) electrons. The molecule has 2 amide bonds. The molecular formula is C26H28F4N4O3. The van der Waals surface area contributed by atoms with Crippen LogP contribution in [-0.4, -0.2) is 79.1 Å². The fourth-order valence-corrected chi connectivity index (χ4v) is 5.96. The molecule has 2 fully saturated rings. The average molecular weight is 521 g/mol. The molecular weight excluding hydrogens is 492 g/mol. The van der Waals surface area contributed by atoms with Crippen molar-refractivity contribution < 1.29 is 32.2 Å². The standard InChI is InChI=1S/C26H28F4N4O3/c1-37-16-6-7-17-20(12-16)31-23-21(13-35)34(15-26(28,29)30)14-25(22(17)23)8-10-33(11-9-25)24(36)32-19-5-3-2-4-18(19)27/h2-7,12,21,23,35H,8-11,13-15H2,1H3,(H,32,36)/t21-,23?/m0/s1. The first-order valence-corrected chi connectivity index (χ1v) is 12.1. The van der Waals surface area contributed by atoms with Gasteiger partial charge in [-0.2, -0.15) is 13.2 Å². The maximum atomic E-state index is 14.0. The van der Waals surface area contributed by atoms with Crippen LogP contribution >= 0.6 is 0 Å². The van der Waals surface area contributed by atoms with Crippen molar-refractivity contribution in [2.75, 3.05) is 45.2 Å². The third-order valence-electron chi connectivity index (χ3n) is 7.67. The number of ether oxygens (including phenoxy) is 1. The number of hydrogen-bond acceptors (Lipinski definition) is 5. The first kappa shape index (κ1) is 25.5. The minimum atomic E-state index is -4.44. The van der Waals surface area contributed by atoms with Gasteiger partial charge in [-0.25, -0.2) is 9.18 Å². The van der Waals surface area contributed by atoms with E-state index in [1.807, 2.05) is 6.07 Å². The van der Waals surface area contributed by atoms with Gasteiger partial charge >= 0.3 is 12.2 Å². The number of carbonyl (C=O) groups excluding carboxylic acids is 1. The molecule has 2 N–H and O–H groups in total. The van der Waals surface area contributed by atoms with E-state index in [1.54, 1.807) is 23.1 Å². The van der Waals surface area contributed by atoms with Crippen LogP contribution in [0.15, 0.2) is 47.5 Å². The summed E-state index contributed by atoms with van der Waals surface area (Å²) in [6.45, 7) is -0.965. The van der Waals surface area contributed by atoms with Gasteiger partial charge in [0, 0.05) is 36.3 Å². The van der Waals surface area contributed by atoms with Gasteiger partial charge in [0.2, 0.25) is 0 Å². The van der Waals surface area contributed by atoms with Gasteiger partial charge in [-0.3, -0.25) is 9.89 Å². The van der Waals surface area contributed by atoms with E-state index in [2.05, 4.69) is 5.32 Å². The van der Waals surface area contributed by atoms with Crippen molar-refractivity contribution in [1.29, 1.82) is 0 Å². The minimum absolute atomic E-state index is 0.0690. The Labute approximate surface area is 211 Å². The van der Waals surface area contributed by atoms with Crippen LogP contribution in [0, 0.1) is 11.2 Å². The number of hydrogen-bond donors (Lipinski definition) is 2. The third kappa shape index (κ3) is 4.77. The van der Waals surface area contributed by atoms with E-state index in [1.165, 1.54) is 30.2 Å². The van der Waals surface area contributed by atoms with Gasteiger partial charge < -0.3 is 20.1 Å². The molecule has 7 nitrogen and oxygen atoms in total. The lowest BCUT2D eigenvalue weighted by Gasteiger charge is -2.53. The van der Waals surface area contributed by atoms with Crippen LogP contribution in [-0.2, 0) is 0 Å². The molecule has 5 rings (SSSR count). The first-order chi connectivity index (χ1) is 17.6. The molecule has 1 unspecified atom stereocenters. The summed E-state index contributed by atoms with van der Waals surface area (Å²) in [5.74, 6) is 0.0376. The highest BCUT2D eigenvalue weighted by atomic mass is 19.4. The van der Waals surface area contributed by atoms with Crippen molar-refractivity contribution in [2.24, 2.45) is 10.4 Å². The summed E-state index contributed by atoms with van der Waals surface area (Å²) >= 11 is 0. The number of fused-ring (bicyclic) bond motifs is 3. The molecule has 3 heterocycles. The van der Waals surface area contributed by atoms with E-state index in [0.717, 1.165) is 10.8 Å². The van der Waals surface area contributed by atoms with E-state index in [9.17, 15) is 27.5 Å². The van der Waals surface area contributed by atoms with Gasteiger partial charge in [-0.15, -0.1) is 0 Å². The number of nitrogens with one attached hydrogen (secondary N) is 1. The van der Waals surface area contributed by atoms with Gasteiger partial charge in [0.15, 0.2) is 0 Å². The van der Waals surface area contributed by atoms with Crippen molar-refractivity contribution in [3.63, 3.8) is 0 Å². The molecule has 2 saturated heterocycles. The Balaban J connectivity index is 1.47. The smallest absolute Gasteiger partial charge is 0.401 e. The number of amides is 2. The van der Waals surface area contributed by atoms with E-state index < -0.39 is 48.7 Å². The summed E-state index contributed by atoms with van der Waals surface area (Å²) in [5, 5.41) is 14.2. The molecule has 2 aromatic rings. The Morgan fingerprint density at radius 3 is 2.59 bits per heavy atom. The monoisotopic (exact) mass is 520 g/mol. The van der Waals surface area contributed by atoms with Crippen LogP contribution in [0.1, 0.15) is 12.8 Å². The SMILES string of the molecule is COc1ccc2c(c1)=NC1C=2C2(CCN(C(=O)Nc3ccccc3F)CC2)CN(CC(F)(F)F)[C@H]1CO. The zero-order valence-corrected chi connectivity index (χ0v) is 20.3. The van der Waals surface area contributed by atoms with Crippen molar-refractivity contribution in [3.05, 3.63) is 58.9 Å². The second-order valence-electron chi connectivity index (χ2n) is 9.82. The maximum absolute atomic E-state index is 14.0. The Hall–Kier alpha value is -3.18. The van der Waals surface area contributed by atoms with Crippen molar-refractivity contribution >= 4 is 17.3 Å².